The fourth-order valence-corrected chi connectivity index (χ4v) is 4.82. The molecule has 1 unspecified atom stereocenters. The van der Waals surface area contributed by atoms with Gasteiger partial charge in [0.15, 0.2) is 0 Å². The SMILES string of the molecule is CCc1ccc(-c2csc3[nH]c(=O)n(C(CCc4ccc(C)cc4)C(=O)O)c(=O)c23)cc1. The number of carbonyl (C=O) groups is 1. The molecule has 32 heavy (non-hydrogen) atoms. The van der Waals surface area contributed by atoms with E-state index in [0.717, 1.165) is 27.7 Å². The Kier molecular flexibility index (Phi) is 6.10. The van der Waals surface area contributed by atoms with Gasteiger partial charge in [-0.1, -0.05) is 61.0 Å². The normalized spacial score (nSPS) is 12.2. The zero-order valence-corrected chi connectivity index (χ0v) is 18.7. The van der Waals surface area contributed by atoms with Gasteiger partial charge in [-0.2, -0.15) is 0 Å². The molecule has 0 bridgehead atoms. The van der Waals surface area contributed by atoms with Gasteiger partial charge in [-0.05, 0) is 42.9 Å². The van der Waals surface area contributed by atoms with Crippen LogP contribution in [0.4, 0.5) is 0 Å². The van der Waals surface area contributed by atoms with Gasteiger partial charge >= 0.3 is 11.7 Å². The number of H-pyrrole nitrogens is 1. The number of carboxylic acid groups (broad SMARTS) is 1. The maximum atomic E-state index is 13.4. The number of hydrogen-bond acceptors (Lipinski definition) is 4. The third-order valence-electron chi connectivity index (χ3n) is 5.76. The van der Waals surface area contributed by atoms with Crippen molar-refractivity contribution in [2.24, 2.45) is 0 Å². The number of aryl methyl sites for hydroxylation is 3. The highest BCUT2D eigenvalue weighted by Gasteiger charge is 2.26. The van der Waals surface area contributed by atoms with E-state index in [1.807, 2.05) is 60.8 Å². The number of benzene rings is 2. The summed E-state index contributed by atoms with van der Waals surface area (Å²) in [6.07, 6.45) is 1.49. The molecule has 0 fully saturated rings. The molecule has 0 saturated heterocycles. The van der Waals surface area contributed by atoms with Crippen LogP contribution in [-0.4, -0.2) is 20.6 Å². The van der Waals surface area contributed by atoms with Crippen molar-refractivity contribution < 1.29 is 9.90 Å². The lowest BCUT2D eigenvalue weighted by Crippen LogP contribution is -2.41. The fourth-order valence-electron chi connectivity index (χ4n) is 3.87. The molecule has 0 spiro atoms. The lowest BCUT2D eigenvalue weighted by molar-refractivity contribution is -0.141. The van der Waals surface area contributed by atoms with Crippen molar-refractivity contribution in [1.82, 2.24) is 9.55 Å². The number of fused-ring (bicyclic) bond motifs is 1. The zero-order valence-electron chi connectivity index (χ0n) is 17.9. The first-order valence-corrected chi connectivity index (χ1v) is 11.4. The van der Waals surface area contributed by atoms with Crippen molar-refractivity contribution in [1.29, 1.82) is 0 Å². The highest BCUT2D eigenvalue weighted by Crippen LogP contribution is 2.31. The lowest BCUT2D eigenvalue weighted by atomic mass is 10.0. The molecule has 0 aliphatic carbocycles. The second kappa shape index (κ2) is 8.96. The number of carboxylic acids is 1. The molecule has 0 aliphatic rings. The third kappa shape index (κ3) is 4.16. The van der Waals surface area contributed by atoms with Crippen molar-refractivity contribution in [3.05, 3.63) is 91.4 Å². The van der Waals surface area contributed by atoms with Gasteiger partial charge in [0.25, 0.3) is 5.56 Å². The first kappa shape index (κ1) is 21.8. The average Bonchev–Trinajstić information content (AvgIpc) is 3.20. The van der Waals surface area contributed by atoms with Crippen molar-refractivity contribution >= 4 is 27.5 Å². The Hall–Kier alpha value is -3.45. The van der Waals surface area contributed by atoms with E-state index < -0.39 is 23.3 Å². The van der Waals surface area contributed by atoms with Gasteiger partial charge in [0.2, 0.25) is 0 Å². The second-order valence-corrected chi connectivity index (χ2v) is 8.77. The average molecular weight is 449 g/mol. The molecule has 164 valence electrons. The molecule has 1 atom stereocenters. The summed E-state index contributed by atoms with van der Waals surface area (Å²) < 4.78 is 0.857. The fraction of sp³-hybridized carbons (Fsp3) is 0.240. The highest BCUT2D eigenvalue weighted by molar-refractivity contribution is 7.17. The number of aliphatic carboxylic acids is 1. The third-order valence-corrected chi connectivity index (χ3v) is 6.66. The van der Waals surface area contributed by atoms with E-state index in [2.05, 4.69) is 11.9 Å². The molecule has 0 aliphatic heterocycles. The second-order valence-electron chi connectivity index (χ2n) is 7.89. The Morgan fingerprint density at radius 2 is 1.72 bits per heavy atom. The van der Waals surface area contributed by atoms with Gasteiger partial charge < -0.3 is 5.11 Å². The molecule has 0 radical (unpaired) electrons. The van der Waals surface area contributed by atoms with Gasteiger partial charge in [0.1, 0.15) is 10.9 Å². The van der Waals surface area contributed by atoms with Gasteiger partial charge in [-0.25, -0.2) is 14.2 Å². The topological polar surface area (TPSA) is 92.2 Å². The quantitative estimate of drug-likeness (QED) is 0.434. The van der Waals surface area contributed by atoms with E-state index in [1.54, 1.807) is 0 Å². The summed E-state index contributed by atoms with van der Waals surface area (Å²) in [5, 5.41) is 12.0. The molecule has 4 aromatic rings. The van der Waals surface area contributed by atoms with Crippen LogP contribution in [0.1, 0.15) is 36.1 Å². The van der Waals surface area contributed by atoms with Crippen molar-refractivity contribution in [2.45, 2.75) is 39.2 Å². The molecule has 0 saturated carbocycles. The van der Waals surface area contributed by atoms with E-state index in [4.69, 9.17) is 0 Å². The summed E-state index contributed by atoms with van der Waals surface area (Å²) in [4.78, 5) is 41.4. The maximum absolute atomic E-state index is 13.4. The van der Waals surface area contributed by atoms with Crippen LogP contribution in [0.3, 0.4) is 0 Å². The number of aromatic nitrogens is 2. The van der Waals surface area contributed by atoms with Crippen LogP contribution in [0.2, 0.25) is 0 Å². The van der Waals surface area contributed by atoms with Crippen LogP contribution < -0.4 is 11.2 Å². The smallest absolute Gasteiger partial charge is 0.330 e. The Labute approximate surface area is 188 Å². The largest absolute Gasteiger partial charge is 0.480 e. The van der Waals surface area contributed by atoms with Gasteiger partial charge in [0.05, 0.1) is 5.39 Å². The summed E-state index contributed by atoms with van der Waals surface area (Å²) >= 11 is 1.27. The number of nitrogens with zero attached hydrogens (tertiary/aromatic N) is 1. The van der Waals surface area contributed by atoms with Crippen molar-refractivity contribution in [2.75, 3.05) is 0 Å². The van der Waals surface area contributed by atoms with Gasteiger partial charge in [-0.15, -0.1) is 11.3 Å². The van der Waals surface area contributed by atoms with Crippen LogP contribution in [0.15, 0.2) is 63.5 Å². The molecule has 2 aromatic carbocycles. The summed E-state index contributed by atoms with van der Waals surface area (Å²) in [7, 11) is 0. The Bertz CT molecular complexity index is 1380. The minimum atomic E-state index is -1.26. The standard InChI is InChI=1S/C25H24N2O4S/c1-3-16-8-11-18(12-9-16)19-14-32-22-21(19)23(28)27(25(31)26-22)20(24(29)30)13-10-17-6-4-15(2)5-7-17/h4-9,11-12,14,20H,3,10,13H2,1-2H3,(H,26,31)(H,29,30). The molecule has 6 nitrogen and oxygen atoms in total. The van der Waals surface area contributed by atoms with E-state index >= 15 is 0 Å². The van der Waals surface area contributed by atoms with Crippen molar-refractivity contribution in [3.8, 4) is 11.1 Å². The molecular formula is C25H24N2O4S. The number of aromatic amines is 1. The zero-order chi connectivity index (χ0) is 22.8. The van der Waals surface area contributed by atoms with E-state index in [9.17, 15) is 19.5 Å². The predicted molar refractivity (Wildman–Crippen MR) is 128 cm³/mol. The molecule has 2 heterocycles. The summed E-state index contributed by atoms with van der Waals surface area (Å²) in [5.41, 5.74) is 3.53. The van der Waals surface area contributed by atoms with Crippen LogP contribution >= 0.6 is 11.3 Å². The van der Waals surface area contributed by atoms with Crippen LogP contribution in [0.5, 0.6) is 0 Å². The van der Waals surface area contributed by atoms with Crippen LogP contribution in [0.25, 0.3) is 21.3 Å². The van der Waals surface area contributed by atoms with E-state index in [-0.39, 0.29) is 6.42 Å². The molecule has 2 aromatic heterocycles. The minimum absolute atomic E-state index is 0.136. The minimum Gasteiger partial charge on any atom is -0.480 e. The first-order chi connectivity index (χ1) is 15.4. The maximum Gasteiger partial charge on any atom is 0.330 e. The summed E-state index contributed by atoms with van der Waals surface area (Å²) in [5.74, 6) is -1.20. The molecular weight excluding hydrogens is 424 g/mol. The molecule has 2 N–H and O–H groups in total. The first-order valence-electron chi connectivity index (χ1n) is 10.5. The number of thiophene rings is 1. The lowest BCUT2D eigenvalue weighted by Gasteiger charge is -2.15. The Morgan fingerprint density at radius 3 is 2.34 bits per heavy atom. The molecule has 0 amide bonds. The predicted octanol–water partition coefficient (Wildman–Crippen LogP) is 4.55. The number of rotatable bonds is 7. The van der Waals surface area contributed by atoms with E-state index in [0.29, 0.717) is 22.2 Å². The van der Waals surface area contributed by atoms with Crippen LogP contribution in [-0.2, 0) is 17.6 Å². The number of hydrogen-bond donors (Lipinski definition) is 2. The monoisotopic (exact) mass is 448 g/mol. The van der Waals surface area contributed by atoms with Crippen LogP contribution in [0, 0.1) is 6.92 Å². The summed E-state index contributed by atoms with van der Waals surface area (Å²) in [6.45, 7) is 4.05. The van der Waals surface area contributed by atoms with Crippen molar-refractivity contribution in [3.63, 3.8) is 0 Å². The van der Waals surface area contributed by atoms with Gasteiger partial charge in [0, 0.05) is 10.9 Å². The highest BCUT2D eigenvalue weighted by atomic mass is 32.1. The Morgan fingerprint density at radius 1 is 1.06 bits per heavy atom. The Balaban J connectivity index is 1.77. The summed E-state index contributed by atoms with van der Waals surface area (Å²) in [6, 6.07) is 14.4. The van der Waals surface area contributed by atoms with E-state index in [1.165, 1.54) is 16.9 Å². The number of nitrogens with one attached hydrogen (secondary N) is 1. The van der Waals surface area contributed by atoms with Gasteiger partial charge in [-0.3, -0.25) is 9.78 Å². The molecule has 7 heteroatoms. The molecule has 4 rings (SSSR count).